The number of aromatic nitrogens is 2. The van der Waals surface area contributed by atoms with E-state index in [0.29, 0.717) is 22.8 Å². The van der Waals surface area contributed by atoms with E-state index in [0.717, 1.165) is 17.2 Å². The smallest absolute Gasteiger partial charge is 0.271 e. The van der Waals surface area contributed by atoms with E-state index in [9.17, 15) is 15.0 Å². The molecule has 4 rings (SSSR count). The molecule has 160 valence electrons. The maximum atomic E-state index is 12.3. The first-order valence-corrected chi connectivity index (χ1v) is 10.1. The van der Waals surface area contributed by atoms with Gasteiger partial charge < -0.3 is 10.2 Å². The highest BCUT2D eigenvalue weighted by Gasteiger charge is 2.11. The molecule has 0 atom stereocenters. The molecule has 0 fully saturated rings. The van der Waals surface area contributed by atoms with Crippen molar-refractivity contribution in [1.82, 2.24) is 15.2 Å². The lowest BCUT2D eigenvalue weighted by Crippen LogP contribution is -2.17. The van der Waals surface area contributed by atoms with Crippen LogP contribution in [0.25, 0.3) is 11.3 Å². The van der Waals surface area contributed by atoms with Crippen LogP contribution in [0.4, 0.5) is 0 Å². The molecule has 1 heterocycles. The Balaban J connectivity index is 1.57. The zero-order valence-corrected chi connectivity index (χ0v) is 17.6. The number of amides is 1. The van der Waals surface area contributed by atoms with E-state index in [1.807, 2.05) is 60.8 Å². The zero-order chi connectivity index (χ0) is 22.5. The number of halogens is 1. The van der Waals surface area contributed by atoms with Crippen LogP contribution in [0, 0.1) is 0 Å². The lowest BCUT2D eigenvalue weighted by atomic mass is 10.1. The summed E-state index contributed by atoms with van der Waals surface area (Å²) < 4.78 is 1.79. The maximum Gasteiger partial charge on any atom is 0.271 e. The van der Waals surface area contributed by atoms with Crippen molar-refractivity contribution in [3.05, 3.63) is 101 Å². The molecule has 0 aliphatic rings. The number of rotatable bonds is 6. The standard InChI is InChI=1S/C24H19ClN4O3/c25-20-8-6-16(7-9-20)14-29-15-19(23(28-29)17-4-2-1-3-5-17)13-26-27-24(32)18-10-21(30)12-22(31)11-18/h1-13,15,30-31H,14H2,(H,27,32)/b26-13+. The summed E-state index contributed by atoms with van der Waals surface area (Å²) in [5.74, 6) is -0.995. The minimum Gasteiger partial charge on any atom is -0.508 e. The van der Waals surface area contributed by atoms with Crippen LogP contribution in [0.2, 0.25) is 5.02 Å². The van der Waals surface area contributed by atoms with Gasteiger partial charge in [-0.15, -0.1) is 0 Å². The van der Waals surface area contributed by atoms with Gasteiger partial charge in [-0.25, -0.2) is 5.43 Å². The van der Waals surface area contributed by atoms with Gasteiger partial charge in [0.05, 0.1) is 12.8 Å². The Kier molecular flexibility index (Phi) is 6.19. The Morgan fingerprint density at radius 1 is 1.03 bits per heavy atom. The van der Waals surface area contributed by atoms with Crippen LogP contribution in [0.15, 0.2) is 84.1 Å². The fourth-order valence-corrected chi connectivity index (χ4v) is 3.29. The topological polar surface area (TPSA) is 99.7 Å². The van der Waals surface area contributed by atoms with Crippen molar-refractivity contribution < 1.29 is 15.0 Å². The van der Waals surface area contributed by atoms with E-state index >= 15 is 0 Å². The molecule has 3 N–H and O–H groups in total. The van der Waals surface area contributed by atoms with Gasteiger partial charge in [0.1, 0.15) is 17.2 Å². The molecule has 7 nitrogen and oxygen atoms in total. The first kappa shape index (κ1) is 21.1. The minimum absolute atomic E-state index is 0.0846. The quantitative estimate of drug-likeness (QED) is 0.301. The van der Waals surface area contributed by atoms with Crippen LogP contribution in [0.5, 0.6) is 11.5 Å². The van der Waals surface area contributed by atoms with Crippen molar-refractivity contribution in [2.45, 2.75) is 6.54 Å². The largest absolute Gasteiger partial charge is 0.508 e. The summed E-state index contributed by atoms with van der Waals surface area (Å²) in [5, 5.41) is 28.5. The van der Waals surface area contributed by atoms with Gasteiger partial charge in [0, 0.05) is 34.0 Å². The van der Waals surface area contributed by atoms with Gasteiger partial charge in [0.2, 0.25) is 0 Å². The number of aromatic hydroxyl groups is 2. The molecule has 0 bridgehead atoms. The Labute approximate surface area is 189 Å². The summed E-state index contributed by atoms with van der Waals surface area (Å²) >= 11 is 5.97. The van der Waals surface area contributed by atoms with Gasteiger partial charge in [-0.3, -0.25) is 9.48 Å². The fourth-order valence-electron chi connectivity index (χ4n) is 3.16. The van der Waals surface area contributed by atoms with E-state index in [2.05, 4.69) is 10.5 Å². The highest BCUT2D eigenvalue weighted by molar-refractivity contribution is 6.30. The van der Waals surface area contributed by atoms with Crippen LogP contribution >= 0.6 is 11.6 Å². The van der Waals surface area contributed by atoms with Crippen LogP contribution < -0.4 is 5.43 Å². The first-order chi connectivity index (χ1) is 15.5. The van der Waals surface area contributed by atoms with E-state index < -0.39 is 5.91 Å². The number of carbonyl (C=O) groups excluding carboxylic acids is 1. The molecule has 4 aromatic rings. The Hall–Kier alpha value is -4.10. The Bertz CT molecular complexity index is 1250. The van der Waals surface area contributed by atoms with E-state index in [4.69, 9.17) is 16.7 Å². The van der Waals surface area contributed by atoms with Crippen LogP contribution in [-0.4, -0.2) is 32.1 Å². The molecule has 0 saturated heterocycles. The lowest BCUT2D eigenvalue weighted by Gasteiger charge is -2.02. The SMILES string of the molecule is O=C(N/N=C/c1cn(Cc2ccc(Cl)cc2)nc1-c1ccccc1)c1cc(O)cc(O)c1. The number of carbonyl (C=O) groups is 1. The number of hydrogen-bond donors (Lipinski definition) is 3. The summed E-state index contributed by atoms with van der Waals surface area (Å²) in [6.45, 7) is 0.541. The number of phenols is 2. The second-order valence-electron chi connectivity index (χ2n) is 7.06. The molecule has 1 aromatic heterocycles. The molecule has 3 aromatic carbocycles. The second kappa shape index (κ2) is 9.36. The van der Waals surface area contributed by atoms with Crippen molar-refractivity contribution in [2.24, 2.45) is 5.10 Å². The minimum atomic E-state index is -0.567. The number of nitrogens with one attached hydrogen (secondary N) is 1. The summed E-state index contributed by atoms with van der Waals surface area (Å²) in [4.78, 5) is 12.3. The van der Waals surface area contributed by atoms with Gasteiger partial charge in [-0.1, -0.05) is 54.1 Å². The first-order valence-electron chi connectivity index (χ1n) is 9.72. The number of hydrazone groups is 1. The van der Waals surface area contributed by atoms with E-state index in [-0.39, 0.29) is 17.1 Å². The van der Waals surface area contributed by atoms with Gasteiger partial charge in [0.15, 0.2) is 0 Å². The third-order valence-electron chi connectivity index (χ3n) is 4.63. The van der Waals surface area contributed by atoms with Crippen molar-refractivity contribution in [1.29, 1.82) is 0 Å². The molecular weight excluding hydrogens is 428 g/mol. The monoisotopic (exact) mass is 446 g/mol. The Morgan fingerprint density at radius 2 is 1.72 bits per heavy atom. The van der Waals surface area contributed by atoms with Gasteiger partial charge in [-0.05, 0) is 29.8 Å². The third kappa shape index (κ3) is 5.14. The summed E-state index contributed by atoms with van der Waals surface area (Å²) in [5.41, 5.74) is 5.86. The summed E-state index contributed by atoms with van der Waals surface area (Å²) in [6.07, 6.45) is 3.35. The average Bonchev–Trinajstić information content (AvgIpc) is 3.17. The highest BCUT2D eigenvalue weighted by Crippen LogP contribution is 2.22. The van der Waals surface area contributed by atoms with Crippen molar-refractivity contribution in [2.75, 3.05) is 0 Å². The van der Waals surface area contributed by atoms with Crippen LogP contribution in [-0.2, 0) is 6.54 Å². The zero-order valence-electron chi connectivity index (χ0n) is 16.8. The predicted molar refractivity (Wildman–Crippen MR) is 123 cm³/mol. The van der Waals surface area contributed by atoms with Crippen molar-refractivity contribution >= 4 is 23.7 Å². The Morgan fingerprint density at radius 3 is 2.41 bits per heavy atom. The molecule has 1 amide bonds. The van der Waals surface area contributed by atoms with Crippen molar-refractivity contribution in [3.8, 4) is 22.8 Å². The molecule has 0 aliphatic carbocycles. The molecule has 0 saturated carbocycles. The molecule has 0 aliphatic heterocycles. The number of benzene rings is 3. The molecule has 32 heavy (non-hydrogen) atoms. The predicted octanol–water partition coefficient (Wildman–Crippen LogP) is 4.43. The molecule has 0 spiro atoms. The summed E-state index contributed by atoms with van der Waals surface area (Å²) in [7, 11) is 0. The van der Waals surface area contributed by atoms with E-state index in [1.165, 1.54) is 18.3 Å². The number of hydrogen-bond acceptors (Lipinski definition) is 5. The van der Waals surface area contributed by atoms with Gasteiger partial charge >= 0.3 is 0 Å². The number of nitrogens with zero attached hydrogens (tertiary/aromatic N) is 3. The lowest BCUT2D eigenvalue weighted by molar-refractivity contribution is 0.0954. The molecule has 8 heteroatoms. The van der Waals surface area contributed by atoms with Crippen LogP contribution in [0.3, 0.4) is 0 Å². The second-order valence-corrected chi connectivity index (χ2v) is 7.50. The maximum absolute atomic E-state index is 12.3. The average molecular weight is 447 g/mol. The molecule has 0 unspecified atom stereocenters. The van der Waals surface area contributed by atoms with Crippen molar-refractivity contribution in [3.63, 3.8) is 0 Å². The van der Waals surface area contributed by atoms with Gasteiger partial charge in [-0.2, -0.15) is 10.2 Å². The molecule has 0 radical (unpaired) electrons. The number of phenolic OH excluding ortho intramolecular Hbond substituents is 2. The molecular formula is C24H19ClN4O3. The third-order valence-corrected chi connectivity index (χ3v) is 4.88. The highest BCUT2D eigenvalue weighted by atomic mass is 35.5. The van der Waals surface area contributed by atoms with E-state index in [1.54, 1.807) is 4.68 Å². The summed E-state index contributed by atoms with van der Waals surface area (Å²) in [6, 6.07) is 20.8. The van der Waals surface area contributed by atoms with Crippen LogP contribution in [0.1, 0.15) is 21.5 Å². The normalized spacial score (nSPS) is 11.0. The fraction of sp³-hybridized carbons (Fsp3) is 0.0417. The van der Waals surface area contributed by atoms with Gasteiger partial charge in [0.25, 0.3) is 5.91 Å².